The van der Waals surface area contributed by atoms with Gasteiger partial charge in [-0.15, -0.1) is 0 Å². The molecule has 3 rings (SSSR count). The largest absolute Gasteiger partial charge is 0.389 e. The molecule has 18 heavy (non-hydrogen) atoms. The summed E-state index contributed by atoms with van der Waals surface area (Å²) in [6.45, 7) is 8.40. The fraction of sp³-hybridized carbons (Fsp3) is 1.00. The summed E-state index contributed by atoms with van der Waals surface area (Å²) in [5, 5.41) is 11.2. The van der Waals surface area contributed by atoms with Gasteiger partial charge in [-0.3, -0.25) is 0 Å². The van der Waals surface area contributed by atoms with Crippen LogP contribution in [0.5, 0.6) is 0 Å². The van der Waals surface area contributed by atoms with Gasteiger partial charge in [0.2, 0.25) is 0 Å². The summed E-state index contributed by atoms with van der Waals surface area (Å²) in [6, 6.07) is 0. The molecule has 0 aromatic rings. The maximum Gasteiger partial charge on any atom is 0.0729 e. The van der Waals surface area contributed by atoms with Gasteiger partial charge >= 0.3 is 0 Å². The summed E-state index contributed by atoms with van der Waals surface area (Å²) < 4.78 is 0. The van der Waals surface area contributed by atoms with Crippen LogP contribution < -0.4 is 0 Å². The molecule has 3 aliphatic rings. The smallest absolute Gasteiger partial charge is 0.0729 e. The number of fused-ring (bicyclic) bond motifs is 2. The van der Waals surface area contributed by atoms with E-state index in [9.17, 15) is 5.11 Å². The molecule has 2 saturated carbocycles. The van der Waals surface area contributed by atoms with Crippen molar-refractivity contribution in [2.24, 2.45) is 17.3 Å². The molecule has 2 aliphatic carbocycles. The van der Waals surface area contributed by atoms with E-state index in [-0.39, 0.29) is 11.0 Å². The van der Waals surface area contributed by atoms with Crippen LogP contribution in [0, 0.1) is 17.3 Å². The van der Waals surface area contributed by atoms with Gasteiger partial charge in [-0.2, -0.15) is 0 Å². The molecule has 3 fully saturated rings. The Kier molecular flexibility index (Phi) is 3.22. The molecule has 2 heteroatoms. The number of nitrogens with zero attached hydrogens (tertiary/aromatic N) is 1. The normalized spacial score (nSPS) is 42.8. The zero-order valence-corrected chi connectivity index (χ0v) is 12.1. The Bertz CT molecular complexity index is 308. The molecular weight excluding hydrogens is 222 g/mol. The predicted molar refractivity (Wildman–Crippen MR) is 74.5 cm³/mol. The summed E-state index contributed by atoms with van der Waals surface area (Å²) in [4.78, 5) is 2.57. The molecular formula is C16H29NO. The van der Waals surface area contributed by atoms with Crippen LogP contribution >= 0.6 is 0 Å². The van der Waals surface area contributed by atoms with Gasteiger partial charge in [0.05, 0.1) is 5.60 Å². The summed E-state index contributed by atoms with van der Waals surface area (Å²) in [7, 11) is 0. The molecule has 0 aromatic carbocycles. The van der Waals surface area contributed by atoms with E-state index in [2.05, 4.69) is 18.7 Å². The lowest BCUT2D eigenvalue weighted by Crippen LogP contribution is -2.49. The van der Waals surface area contributed by atoms with Gasteiger partial charge in [-0.05, 0) is 81.8 Å². The van der Waals surface area contributed by atoms with Crippen LogP contribution in [-0.2, 0) is 0 Å². The Hall–Kier alpha value is -0.0800. The van der Waals surface area contributed by atoms with Crippen molar-refractivity contribution in [2.45, 2.75) is 64.4 Å². The maximum absolute atomic E-state index is 11.2. The average molecular weight is 251 g/mol. The molecule has 1 N–H and O–H groups in total. The highest BCUT2D eigenvalue weighted by molar-refractivity contribution is 5.11. The van der Waals surface area contributed by atoms with Crippen LogP contribution in [0.2, 0.25) is 0 Å². The molecule has 1 saturated heterocycles. The highest BCUT2D eigenvalue weighted by Gasteiger charge is 2.61. The number of aliphatic hydroxyl groups is 1. The van der Waals surface area contributed by atoms with Crippen molar-refractivity contribution in [3.05, 3.63) is 0 Å². The van der Waals surface area contributed by atoms with Crippen LogP contribution in [0.15, 0.2) is 0 Å². The third kappa shape index (κ3) is 1.84. The van der Waals surface area contributed by atoms with E-state index in [1.54, 1.807) is 0 Å². The van der Waals surface area contributed by atoms with E-state index in [1.807, 2.05) is 0 Å². The first kappa shape index (κ1) is 12.9. The topological polar surface area (TPSA) is 23.5 Å². The molecule has 1 aliphatic heterocycles. The minimum absolute atomic E-state index is 0.154. The average Bonchev–Trinajstić information content (AvgIpc) is 3.01. The van der Waals surface area contributed by atoms with Gasteiger partial charge in [0.1, 0.15) is 0 Å². The second kappa shape index (κ2) is 4.49. The molecule has 104 valence electrons. The SMILES string of the molecule is CC1(C)[C@H]2CC[C@@H](C2)[C@@]1(O)CCCN1CCCC1. The number of likely N-dealkylation sites (tertiary alicyclic amines) is 1. The molecule has 0 amide bonds. The lowest BCUT2D eigenvalue weighted by atomic mass is 9.63. The molecule has 2 bridgehead atoms. The Morgan fingerprint density at radius 1 is 1.11 bits per heavy atom. The van der Waals surface area contributed by atoms with Gasteiger partial charge < -0.3 is 10.0 Å². The predicted octanol–water partition coefficient (Wildman–Crippen LogP) is 3.05. The second-order valence-electron chi connectivity index (χ2n) is 7.51. The van der Waals surface area contributed by atoms with E-state index in [1.165, 1.54) is 58.2 Å². The summed E-state index contributed by atoms with van der Waals surface area (Å²) in [6.07, 6.45) is 8.87. The van der Waals surface area contributed by atoms with Crippen molar-refractivity contribution in [3.63, 3.8) is 0 Å². The van der Waals surface area contributed by atoms with E-state index in [4.69, 9.17) is 0 Å². The highest BCUT2D eigenvalue weighted by atomic mass is 16.3. The first-order valence-electron chi connectivity index (χ1n) is 7.99. The van der Waals surface area contributed by atoms with Crippen LogP contribution in [0.3, 0.4) is 0 Å². The Labute approximate surface area is 112 Å². The van der Waals surface area contributed by atoms with Crippen LogP contribution in [-0.4, -0.2) is 35.2 Å². The molecule has 0 radical (unpaired) electrons. The van der Waals surface area contributed by atoms with Crippen LogP contribution in [0.4, 0.5) is 0 Å². The van der Waals surface area contributed by atoms with E-state index in [0.29, 0.717) is 5.92 Å². The summed E-state index contributed by atoms with van der Waals surface area (Å²) >= 11 is 0. The number of hydrogen-bond donors (Lipinski definition) is 1. The van der Waals surface area contributed by atoms with Crippen LogP contribution in [0.1, 0.15) is 58.8 Å². The lowest BCUT2D eigenvalue weighted by molar-refractivity contribution is -0.113. The minimum Gasteiger partial charge on any atom is -0.389 e. The Morgan fingerprint density at radius 3 is 2.39 bits per heavy atom. The third-order valence-corrected chi connectivity index (χ3v) is 6.48. The van der Waals surface area contributed by atoms with Gasteiger partial charge in [-0.1, -0.05) is 13.8 Å². The third-order valence-electron chi connectivity index (χ3n) is 6.48. The second-order valence-corrected chi connectivity index (χ2v) is 7.51. The number of hydrogen-bond acceptors (Lipinski definition) is 2. The zero-order chi connectivity index (χ0) is 12.8. The monoisotopic (exact) mass is 251 g/mol. The van der Waals surface area contributed by atoms with Gasteiger partial charge in [-0.25, -0.2) is 0 Å². The lowest BCUT2D eigenvalue weighted by Gasteiger charge is -2.46. The number of rotatable bonds is 4. The molecule has 0 spiro atoms. The fourth-order valence-electron chi connectivity index (χ4n) is 5.06. The van der Waals surface area contributed by atoms with Crippen molar-refractivity contribution in [2.75, 3.05) is 19.6 Å². The van der Waals surface area contributed by atoms with E-state index >= 15 is 0 Å². The molecule has 3 atom stereocenters. The van der Waals surface area contributed by atoms with Crippen molar-refractivity contribution in [3.8, 4) is 0 Å². The van der Waals surface area contributed by atoms with Gasteiger partial charge in [0.25, 0.3) is 0 Å². The minimum atomic E-state index is -0.365. The van der Waals surface area contributed by atoms with Crippen molar-refractivity contribution < 1.29 is 5.11 Å². The van der Waals surface area contributed by atoms with Crippen molar-refractivity contribution in [1.29, 1.82) is 0 Å². The summed E-state index contributed by atoms with van der Waals surface area (Å²) in [5.41, 5.74) is -0.212. The van der Waals surface area contributed by atoms with Crippen molar-refractivity contribution in [1.82, 2.24) is 4.90 Å². The molecule has 2 nitrogen and oxygen atoms in total. The maximum atomic E-state index is 11.2. The first-order chi connectivity index (χ1) is 8.54. The zero-order valence-electron chi connectivity index (χ0n) is 12.1. The molecule has 0 aromatic heterocycles. The van der Waals surface area contributed by atoms with E-state index in [0.717, 1.165) is 12.3 Å². The fourth-order valence-corrected chi connectivity index (χ4v) is 5.06. The Morgan fingerprint density at radius 2 is 1.78 bits per heavy atom. The standard InChI is InChI=1S/C16H29NO/c1-15(2)13-6-7-14(12-13)16(15,18)8-5-11-17-9-3-4-10-17/h13-14,18H,3-12H2,1-2H3/t13-,14-,16-/m0/s1. The first-order valence-corrected chi connectivity index (χ1v) is 7.99. The Balaban J connectivity index is 1.57. The highest BCUT2D eigenvalue weighted by Crippen LogP contribution is 2.62. The van der Waals surface area contributed by atoms with Crippen molar-refractivity contribution >= 4 is 0 Å². The summed E-state index contributed by atoms with van der Waals surface area (Å²) in [5.74, 6) is 1.37. The molecule has 1 heterocycles. The molecule has 0 unspecified atom stereocenters. The quantitative estimate of drug-likeness (QED) is 0.830. The van der Waals surface area contributed by atoms with E-state index < -0.39 is 0 Å². The van der Waals surface area contributed by atoms with Gasteiger partial charge in [0.15, 0.2) is 0 Å². The van der Waals surface area contributed by atoms with Crippen LogP contribution in [0.25, 0.3) is 0 Å². The van der Waals surface area contributed by atoms with Gasteiger partial charge in [0, 0.05) is 0 Å².